The average molecular weight is 987 g/mol. The number of nitrogens with two attached hydrogens (primary N) is 1. The number of ketones is 1. The van der Waals surface area contributed by atoms with Crippen LogP contribution in [0.15, 0.2) is 12.7 Å². The largest absolute Gasteiger partial charge is 0.756 e. The normalized spacial score (nSPS) is 20.7. The van der Waals surface area contributed by atoms with Crippen molar-refractivity contribution >= 4 is 74.9 Å². The van der Waals surface area contributed by atoms with Gasteiger partial charge in [-0.1, -0.05) is 58.2 Å². The third-order valence-corrected chi connectivity index (χ3v) is 12.5. The Morgan fingerprint density at radius 2 is 1.63 bits per heavy atom. The van der Waals surface area contributed by atoms with Crippen molar-refractivity contribution in [2.45, 2.75) is 103 Å². The van der Waals surface area contributed by atoms with Crippen LogP contribution in [0.1, 0.15) is 78.4 Å². The summed E-state index contributed by atoms with van der Waals surface area (Å²) in [6.07, 6.45) is -2.40. The number of aliphatic hydroxyl groups is 2. The first-order valence-corrected chi connectivity index (χ1v) is 23.9. The second kappa shape index (κ2) is 26.9. The number of imidazole rings is 1. The number of phosphoric ester groups is 3. The summed E-state index contributed by atoms with van der Waals surface area (Å²) in [4.78, 5) is 106. The zero-order valence-corrected chi connectivity index (χ0v) is 39.3. The van der Waals surface area contributed by atoms with Crippen molar-refractivity contribution in [3.8, 4) is 0 Å². The van der Waals surface area contributed by atoms with Gasteiger partial charge in [-0.2, -0.15) is 0 Å². The van der Waals surface area contributed by atoms with Crippen LogP contribution in [0, 0.1) is 5.41 Å². The molecule has 0 bridgehead atoms. The highest BCUT2D eigenvalue weighted by Gasteiger charge is 2.48. The number of quaternary nitrogens is 3. The lowest BCUT2D eigenvalue weighted by Crippen LogP contribution is -2.46. The van der Waals surface area contributed by atoms with E-state index in [9.17, 15) is 62.7 Å². The fraction of sp³-hybridized carbons (Fsp3) is 0.710. The maximum atomic E-state index is 12.6. The zero-order chi connectivity index (χ0) is 44.9. The molecule has 4 unspecified atom stereocenters. The number of amides is 2. The van der Waals surface area contributed by atoms with Gasteiger partial charge < -0.3 is 82.9 Å². The Labute approximate surface area is 366 Å². The van der Waals surface area contributed by atoms with Crippen LogP contribution in [0.2, 0.25) is 0 Å². The van der Waals surface area contributed by atoms with Crippen LogP contribution < -0.4 is 49.5 Å². The number of Topliss-reactive ketones (excluding diaryl/α,β-unsaturated/α-hetero) is 1. The van der Waals surface area contributed by atoms with Crippen molar-refractivity contribution < 1.29 is 85.3 Å². The topological polar surface area (TPSA) is 499 Å². The number of nitrogens with zero attached hydrogens (tertiary/aromatic N) is 4. The fourth-order valence-corrected chi connectivity index (χ4v) is 8.94. The molecule has 0 saturated carbocycles. The summed E-state index contributed by atoms with van der Waals surface area (Å²) in [6, 6.07) is 0. The van der Waals surface area contributed by atoms with Crippen LogP contribution in [0.25, 0.3) is 11.2 Å². The molecule has 3 heterocycles. The summed E-state index contributed by atoms with van der Waals surface area (Å²) in [7, 11) is -17.4. The number of unbranched alkanes of at least 4 members (excludes halogenated alkanes) is 4. The molecule has 0 aliphatic carbocycles. The lowest BCUT2D eigenvalue weighted by atomic mass is 9.87. The van der Waals surface area contributed by atoms with E-state index < -0.39 is 84.6 Å². The monoisotopic (exact) mass is 986 g/mol. The van der Waals surface area contributed by atoms with E-state index in [1.807, 2.05) is 0 Å². The number of rotatable bonds is 27. The van der Waals surface area contributed by atoms with Gasteiger partial charge in [0.25, 0.3) is 23.5 Å². The Morgan fingerprint density at radius 1 is 0.984 bits per heavy atom. The number of thioether (sulfide) groups is 1. The van der Waals surface area contributed by atoms with Gasteiger partial charge >= 0.3 is 0 Å². The van der Waals surface area contributed by atoms with Gasteiger partial charge in [-0.25, -0.2) is 19.3 Å². The van der Waals surface area contributed by atoms with E-state index in [-0.39, 0.29) is 78.0 Å². The summed E-state index contributed by atoms with van der Waals surface area (Å²) in [5.41, 5.74) is 4.08. The van der Waals surface area contributed by atoms with E-state index in [0.717, 1.165) is 61.1 Å². The Bertz CT molecular complexity index is 1940. The Kier molecular flexibility index (Phi) is 25.7. The minimum absolute atomic E-state index is 0. The van der Waals surface area contributed by atoms with E-state index >= 15 is 0 Å². The number of nitrogen functional groups attached to an aromatic ring is 1. The fourth-order valence-electron chi connectivity index (χ4n) is 5.50. The maximum Gasteiger partial charge on any atom is 0.274 e. The van der Waals surface area contributed by atoms with Gasteiger partial charge in [-0.15, -0.1) is 0 Å². The summed E-state index contributed by atoms with van der Waals surface area (Å²) >= 11 is 0.915. The van der Waals surface area contributed by atoms with Crippen molar-refractivity contribution in [1.82, 2.24) is 48.6 Å². The molecular formula is C31H61N10O18P3S. The number of carbonyl (C=O) groups excluding carboxylic acids is 4. The molecule has 1 aliphatic heterocycles. The number of ether oxygens (including phenoxy) is 1. The molecule has 32 heteroatoms. The molecule has 2 amide bonds. The van der Waals surface area contributed by atoms with Crippen molar-refractivity contribution in [2.75, 3.05) is 37.8 Å². The molecule has 28 nitrogen and oxygen atoms in total. The quantitative estimate of drug-likeness (QED) is 0.0328. The molecule has 2 aromatic rings. The molecule has 19 N–H and O–H groups in total. The van der Waals surface area contributed by atoms with Crippen LogP contribution in [-0.2, 0) is 55.5 Å². The molecule has 63 heavy (non-hydrogen) atoms. The summed E-state index contributed by atoms with van der Waals surface area (Å²) in [5.74, 6) is -1.51. The van der Waals surface area contributed by atoms with Crippen molar-refractivity contribution in [1.29, 1.82) is 0 Å². The van der Waals surface area contributed by atoms with E-state index in [0.29, 0.717) is 6.42 Å². The van der Waals surface area contributed by atoms with Crippen molar-refractivity contribution in [3.05, 3.63) is 12.7 Å². The third kappa shape index (κ3) is 20.0. The first-order chi connectivity index (χ1) is 27.9. The number of aliphatic hydroxyl groups excluding tert-OH is 2. The predicted molar refractivity (Wildman–Crippen MR) is 221 cm³/mol. The Hall–Kier alpha value is -2.89. The van der Waals surface area contributed by atoms with Crippen molar-refractivity contribution in [3.63, 3.8) is 0 Å². The van der Waals surface area contributed by atoms with Crippen LogP contribution in [0.3, 0.4) is 0 Å². The minimum Gasteiger partial charge on any atom is -0.756 e. The first-order valence-electron chi connectivity index (χ1n) is 18.5. The molecule has 8 atom stereocenters. The van der Waals surface area contributed by atoms with Gasteiger partial charge in [-0.3, -0.25) is 37.4 Å². The molecule has 364 valence electrons. The number of nitrogens with one attached hydrogen (secondary N) is 2. The third-order valence-electron chi connectivity index (χ3n) is 8.64. The summed E-state index contributed by atoms with van der Waals surface area (Å²) in [5, 5.41) is 25.9. The number of hydrogen-bond acceptors (Lipinski definition) is 22. The molecule has 2 aromatic heterocycles. The highest BCUT2D eigenvalue weighted by atomic mass is 32.2. The van der Waals surface area contributed by atoms with Crippen LogP contribution >= 0.6 is 35.2 Å². The molecule has 0 spiro atoms. The Balaban J connectivity index is 0.0000128. The number of hydrogen-bond donors (Lipinski definition) is 9. The van der Waals surface area contributed by atoms with Gasteiger partial charge in [0.15, 0.2) is 22.8 Å². The molecular weight excluding hydrogens is 925 g/mol. The lowest BCUT2D eigenvalue weighted by Gasteiger charge is -2.35. The molecule has 1 aliphatic rings. The number of anilines is 1. The van der Waals surface area contributed by atoms with E-state index in [1.54, 1.807) is 0 Å². The molecule has 0 aromatic carbocycles. The summed E-state index contributed by atoms with van der Waals surface area (Å²) < 4.78 is 60.9. The van der Waals surface area contributed by atoms with Gasteiger partial charge in [0.1, 0.15) is 42.0 Å². The highest BCUT2D eigenvalue weighted by molar-refractivity contribution is 8.13. The van der Waals surface area contributed by atoms with Gasteiger partial charge in [0, 0.05) is 37.1 Å². The number of carbonyl (C=O) groups is 4. The number of fused-ring (bicyclic) bond motifs is 1. The Morgan fingerprint density at radius 3 is 2.29 bits per heavy atom. The zero-order valence-electron chi connectivity index (χ0n) is 35.8. The van der Waals surface area contributed by atoms with E-state index in [2.05, 4.69) is 50.4 Å². The van der Waals surface area contributed by atoms with Crippen LogP contribution in [-0.4, -0.2) is 114 Å². The standard InChI is InChI=1S/C31H52N7O18P3S.3H3N/c1-4-5-6-7-8-9-19(39)14-22(41)60-13-12-33-21(40)10-11-34-29(44)26(43)31(2,3)16-53-59(50,51)56-58(48,49)52-15-20-25(55-57(45,46)47)24(42)30(54-20)38-18-37-23-27(32)35-17-36-28(23)38;;;/h17-18,20,24-26,30,42-43H,4-16H2,1-3H3,(H,33,40)(H,34,44)(H,48,49)(H,50,51)(H2,32,35,36)(H2,45,46,47);3*1H3/t20-,24?,25+,26+,30-;;;/m1.../s1. The van der Waals surface area contributed by atoms with E-state index in [4.69, 9.17) is 10.5 Å². The average Bonchev–Trinajstić information content (AvgIpc) is 3.71. The van der Waals surface area contributed by atoms with Gasteiger partial charge in [0.2, 0.25) is 11.8 Å². The second-order valence-electron chi connectivity index (χ2n) is 14.1. The van der Waals surface area contributed by atoms with E-state index in [1.165, 1.54) is 13.8 Å². The lowest BCUT2D eigenvalue weighted by molar-refractivity contribution is -0.247. The molecule has 0 radical (unpaired) electrons. The number of aromatic nitrogens is 4. The van der Waals surface area contributed by atoms with Crippen molar-refractivity contribution in [2.24, 2.45) is 5.41 Å². The molecule has 1 fully saturated rings. The smallest absolute Gasteiger partial charge is 0.274 e. The maximum absolute atomic E-state index is 12.6. The molecule has 1 saturated heterocycles. The van der Waals surface area contributed by atoms with Gasteiger partial charge in [0.05, 0.1) is 26.0 Å². The number of phosphoric acid groups is 3. The first kappa shape index (κ1) is 60.1. The second-order valence-corrected chi connectivity index (χ2v) is 19.4. The highest BCUT2D eigenvalue weighted by Crippen LogP contribution is 2.56. The predicted octanol–water partition coefficient (Wildman–Crippen LogP) is 0.217. The van der Waals surface area contributed by atoms with Crippen LogP contribution in [0.5, 0.6) is 0 Å². The molecule has 3 rings (SSSR count). The minimum atomic E-state index is -5.91. The SMILES string of the molecule is CCCCCCCC(=O)CC(=O)SCCNC(=O)CCNC(=O)[C@H](O)C(C)(C)COP(=O)([O-])OP(=O)([O-])OC[C@H]1O[C@@H](n2cnc3c(N)ncnc32)C(O)[C@H]1OP(=O)([O-])O.[NH4+].[NH4+].[NH4+]. The van der Waals surface area contributed by atoms with Crippen LogP contribution in [0.4, 0.5) is 5.82 Å². The summed E-state index contributed by atoms with van der Waals surface area (Å²) in [6.45, 7) is 2.07. The van der Waals surface area contributed by atoms with Gasteiger partial charge in [-0.05, 0) is 6.42 Å².